The topological polar surface area (TPSA) is 69.7 Å². The fraction of sp³-hybridized carbons (Fsp3) is 0.348. The van der Waals surface area contributed by atoms with Crippen molar-refractivity contribution in [3.8, 4) is 0 Å². The molecule has 0 aromatic heterocycles. The summed E-state index contributed by atoms with van der Waals surface area (Å²) < 4.78 is 0. The van der Waals surface area contributed by atoms with Crippen LogP contribution in [0.4, 0.5) is 11.4 Å². The number of carbonyl (C=O) groups excluding carboxylic acids is 3. The van der Waals surface area contributed by atoms with Gasteiger partial charge in [-0.1, -0.05) is 38.1 Å². The lowest BCUT2D eigenvalue weighted by atomic mass is 10.0. The Bertz CT molecular complexity index is 952. The Morgan fingerprint density at radius 1 is 1.10 bits per heavy atom. The summed E-state index contributed by atoms with van der Waals surface area (Å²) in [4.78, 5) is 42.0. The van der Waals surface area contributed by atoms with Gasteiger partial charge < -0.3 is 15.1 Å². The van der Waals surface area contributed by atoms with E-state index in [9.17, 15) is 14.4 Å². The molecule has 0 saturated carbocycles. The van der Waals surface area contributed by atoms with Gasteiger partial charge in [0.25, 0.3) is 5.91 Å². The van der Waals surface area contributed by atoms with E-state index in [0.717, 1.165) is 6.42 Å². The van der Waals surface area contributed by atoms with Crippen molar-refractivity contribution in [2.45, 2.75) is 38.6 Å². The molecule has 1 saturated heterocycles. The van der Waals surface area contributed by atoms with Gasteiger partial charge in [0, 0.05) is 12.2 Å². The Balaban J connectivity index is 1.57. The Morgan fingerprint density at radius 2 is 1.83 bits per heavy atom. The Labute approximate surface area is 170 Å². The van der Waals surface area contributed by atoms with E-state index in [4.69, 9.17) is 0 Å². The third-order valence-electron chi connectivity index (χ3n) is 5.65. The zero-order valence-electron chi connectivity index (χ0n) is 16.7. The van der Waals surface area contributed by atoms with E-state index in [0.29, 0.717) is 35.8 Å². The van der Waals surface area contributed by atoms with Crippen LogP contribution in [0.5, 0.6) is 0 Å². The van der Waals surface area contributed by atoms with Crippen molar-refractivity contribution in [3.63, 3.8) is 0 Å². The quantitative estimate of drug-likeness (QED) is 0.868. The zero-order valence-corrected chi connectivity index (χ0v) is 16.7. The summed E-state index contributed by atoms with van der Waals surface area (Å²) in [6, 6.07) is 14.2. The third kappa shape index (κ3) is 3.62. The number of carbonyl (C=O) groups is 3. The highest BCUT2D eigenvalue weighted by atomic mass is 16.2. The Hall–Kier alpha value is -3.15. The van der Waals surface area contributed by atoms with Gasteiger partial charge in [0.05, 0.1) is 11.3 Å². The van der Waals surface area contributed by atoms with E-state index < -0.39 is 6.04 Å². The van der Waals surface area contributed by atoms with E-state index >= 15 is 0 Å². The molecule has 1 N–H and O–H groups in total. The summed E-state index contributed by atoms with van der Waals surface area (Å²) in [5.41, 5.74) is 2.86. The van der Waals surface area contributed by atoms with Crippen LogP contribution in [-0.4, -0.2) is 41.8 Å². The normalized spacial score (nSPS) is 18.5. The van der Waals surface area contributed by atoms with E-state index in [1.807, 2.05) is 24.3 Å². The molecule has 3 amide bonds. The highest BCUT2D eigenvalue weighted by molar-refractivity contribution is 6.13. The van der Waals surface area contributed by atoms with Gasteiger partial charge in [-0.05, 0) is 48.6 Å². The number of benzene rings is 2. The molecule has 2 aliphatic heterocycles. The largest absolute Gasteiger partial charge is 0.327 e. The molecule has 2 aromatic carbocycles. The summed E-state index contributed by atoms with van der Waals surface area (Å²) in [5.74, 6) is -0.197. The molecule has 0 radical (unpaired) electrons. The van der Waals surface area contributed by atoms with Gasteiger partial charge >= 0.3 is 0 Å². The van der Waals surface area contributed by atoms with Crippen LogP contribution in [0.15, 0.2) is 48.5 Å². The summed E-state index contributed by atoms with van der Waals surface area (Å²) >= 11 is 0. The van der Waals surface area contributed by atoms with Crippen LogP contribution in [0.25, 0.3) is 0 Å². The first-order valence-electron chi connectivity index (χ1n) is 10.1. The van der Waals surface area contributed by atoms with E-state index in [1.165, 1.54) is 10.5 Å². The first kappa shape index (κ1) is 19.2. The molecule has 6 nitrogen and oxygen atoms in total. The molecular weight excluding hydrogens is 366 g/mol. The fourth-order valence-electron chi connectivity index (χ4n) is 4.07. The molecule has 4 rings (SSSR count). The first-order valence-corrected chi connectivity index (χ1v) is 10.1. The monoisotopic (exact) mass is 391 g/mol. The van der Waals surface area contributed by atoms with Crippen LogP contribution >= 0.6 is 0 Å². The van der Waals surface area contributed by atoms with Crippen molar-refractivity contribution in [3.05, 3.63) is 59.7 Å². The van der Waals surface area contributed by atoms with Gasteiger partial charge in [0.2, 0.25) is 11.8 Å². The van der Waals surface area contributed by atoms with Crippen LogP contribution < -0.4 is 10.2 Å². The van der Waals surface area contributed by atoms with Crippen molar-refractivity contribution in [2.24, 2.45) is 0 Å². The second-order valence-electron chi connectivity index (χ2n) is 7.92. The minimum Gasteiger partial charge on any atom is -0.327 e. The molecule has 1 atom stereocenters. The number of anilines is 2. The van der Waals surface area contributed by atoms with Crippen molar-refractivity contribution in [1.82, 2.24) is 4.90 Å². The molecule has 29 heavy (non-hydrogen) atoms. The lowest BCUT2D eigenvalue weighted by Gasteiger charge is -2.25. The van der Waals surface area contributed by atoms with Crippen molar-refractivity contribution >= 4 is 29.1 Å². The molecule has 6 heteroatoms. The van der Waals surface area contributed by atoms with Crippen molar-refractivity contribution in [2.75, 3.05) is 23.3 Å². The minimum atomic E-state index is -0.493. The second-order valence-corrected chi connectivity index (χ2v) is 7.92. The third-order valence-corrected chi connectivity index (χ3v) is 5.65. The van der Waals surface area contributed by atoms with Crippen LogP contribution in [0.1, 0.15) is 48.5 Å². The maximum atomic E-state index is 13.2. The number of nitrogens with zero attached hydrogens (tertiary/aromatic N) is 2. The fourth-order valence-corrected chi connectivity index (χ4v) is 4.07. The highest BCUT2D eigenvalue weighted by Gasteiger charge is 2.42. The number of hydrogen-bond acceptors (Lipinski definition) is 3. The maximum Gasteiger partial charge on any atom is 0.256 e. The predicted molar refractivity (Wildman–Crippen MR) is 112 cm³/mol. The average Bonchev–Trinajstić information content (AvgIpc) is 3.19. The zero-order chi connectivity index (χ0) is 20.5. The molecule has 150 valence electrons. The van der Waals surface area contributed by atoms with Crippen LogP contribution in [-0.2, 0) is 9.59 Å². The summed E-state index contributed by atoms with van der Waals surface area (Å²) in [5, 5.41) is 2.87. The van der Waals surface area contributed by atoms with E-state index in [-0.39, 0.29) is 24.3 Å². The van der Waals surface area contributed by atoms with Crippen LogP contribution in [0, 0.1) is 0 Å². The van der Waals surface area contributed by atoms with Crippen LogP contribution in [0.2, 0.25) is 0 Å². The molecule has 0 aliphatic carbocycles. The number of fused-ring (bicyclic) bond motifs is 2. The molecular formula is C23H25N3O3. The Morgan fingerprint density at radius 3 is 2.55 bits per heavy atom. The van der Waals surface area contributed by atoms with Gasteiger partial charge in [-0.15, -0.1) is 0 Å². The SMILES string of the molecule is CC(C)c1ccc(NC(=O)CN2C(=O)[C@H]3CCCN3C(=O)c3ccccc32)cc1. The Kier molecular flexibility index (Phi) is 5.09. The lowest BCUT2D eigenvalue weighted by molar-refractivity contribution is -0.124. The minimum absolute atomic E-state index is 0.126. The lowest BCUT2D eigenvalue weighted by Crippen LogP contribution is -2.47. The van der Waals surface area contributed by atoms with Crippen molar-refractivity contribution < 1.29 is 14.4 Å². The van der Waals surface area contributed by atoms with Crippen molar-refractivity contribution in [1.29, 1.82) is 0 Å². The smallest absolute Gasteiger partial charge is 0.256 e. The number of amides is 3. The molecule has 1 fully saturated rings. The van der Waals surface area contributed by atoms with Crippen LogP contribution in [0.3, 0.4) is 0 Å². The molecule has 0 bridgehead atoms. The van der Waals surface area contributed by atoms with Gasteiger partial charge in [-0.3, -0.25) is 14.4 Å². The second kappa shape index (κ2) is 7.70. The number of hydrogen-bond donors (Lipinski definition) is 1. The van der Waals surface area contributed by atoms with Gasteiger partial charge in [-0.2, -0.15) is 0 Å². The molecule has 0 spiro atoms. The molecule has 2 aromatic rings. The number of para-hydroxylation sites is 1. The maximum absolute atomic E-state index is 13.2. The summed E-state index contributed by atoms with van der Waals surface area (Å²) in [6.45, 7) is 4.68. The predicted octanol–water partition coefficient (Wildman–Crippen LogP) is 3.40. The average molecular weight is 391 g/mol. The summed E-state index contributed by atoms with van der Waals surface area (Å²) in [7, 11) is 0. The number of nitrogens with one attached hydrogen (secondary N) is 1. The summed E-state index contributed by atoms with van der Waals surface area (Å²) in [6.07, 6.45) is 1.43. The van der Waals surface area contributed by atoms with Gasteiger partial charge in [-0.25, -0.2) is 0 Å². The first-order chi connectivity index (χ1) is 14.0. The standard InChI is InChI=1S/C23H25N3O3/c1-15(2)16-9-11-17(12-10-16)24-21(27)14-26-19-7-4-3-6-18(19)22(28)25-13-5-8-20(25)23(26)29/h3-4,6-7,9-12,15,20H,5,8,13-14H2,1-2H3,(H,24,27)/t20-/m1/s1. The molecule has 2 heterocycles. The van der Waals surface area contributed by atoms with Gasteiger partial charge in [0.1, 0.15) is 12.6 Å². The van der Waals surface area contributed by atoms with E-state index in [1.54, 1.807) is 29.2 Å². The number of rotatable bonds is 4. The van der Waals surface area contributed by atoms with Gasteiger partial charge in [0.15, 0.2) is 0 Å². The van der Waals surface area contributed by atoms with E-state index in [2.05, 4.69) is 19.2 Å². The highest BCUT2D eigenvalue weighted by Crippen LogP contribution is 2.32. The molecule has 2 aliphatic rings. The molecule has 0 unspecified atom stereocenters.